The van der Waals surface area contributed by atoms with Gasteiger partial charge < -0.3 is 4.74 Å². The van der Waals surface area contributed by atoms with Crippen LogP contribution < -0.4 is 0 Å². The normalized spacial score (nSPS) is 32.8. The lowest BCUT2D eigenvalue weighted by Gasteiger charge is -2.26. The number of rotatable bonds is 2. The molecule has 2 saturated heterocycles. The standard InChI is InChI=1S/C15H14N2OS/c16-9-15(7-10-5-6-13(15)18-10)8-14-17-11-3-1-2-4-12(11)19-14/h1-4,10,13H,5-8H2. The molecule has 2 bridgehead atoms. The van der Waals surface area contributed by atoms with Crippen LogP contribution in [-0.2, 0) is 11.2 Å². The highest BCUT2D eigenvalue weighted by Gasteiger charge is 2.53. The van der Waals surface area contributed by atoms with Crippen molar-refractivity contribution in [3.8, 4) is 6.07 Å². The maximum absolute atomic E-state index is 9.62. The van der Waals surface area contributed by atoms with Crippen molar-refractivity contribution in [2.24, 2.45) is 5.41 Å². The third kappa shape index (κ3) is 1.69. The van der Waals surface area contributed by atoms with Crippen molar-refractivity contribution in [3.05, 3.63) is 29.3 Å². The first-order valence-corrected chi connectivity index (χ1v) is 7.52. The minimum Gasteiger partial charge on any atom is -0.373 e. The smallest absolute Gasteiger partial charge is 0.0955 e. The van der Waals surface area contributed by atoms with E-state index < -0.39 is 0 Å². The number of para-hydroxylation sites is 1. The Hall–Kier alpha value is -1.44. The van der Waals surface area contributed by atoms with E-state index in [1.165, 1.54) is 4.70 Å². The molecule has 2 aromatic rings. The van der Waals surface area contributed by atoms with Crippen LogP contribution in [0.15, 0.2) is 24.3 Å². The SMILES string of the molecule is N#CC1(Cc2nc3ccccc3s2)CC2CCC1O2. The van der Waals surface area contributed by atoms with E-state index in [9.17, 15) is 5.26 Å². The van der Waals surface area contributed by atoms with Crippen LogP contribution in [0.5, 0.6) is 0 Å². The molecule has 1 aromatic carbocycles. The summed E-state index contributed by atoms with van der Waals surface area (Å²) in [5.74, 6) is 0. The van der Waals surface area contributed by atoms with E-state index >= 15 is 0 Å². The summed E-state index contributed by atoms with van der Waals surface area (Å²) >= 11 is 1.71. The van der Waals surface area contributed by atoms with E-state index in [0.29, 0.717) is 6.10 Å². The average molecular weight is 270 g/mol. The summed E-state index contributed by atoms with van der Waals surface area (Å²) in [6, 6.07) is 10.7. The number of nitrogens with zero attached hydrogens (tertiary/aromatic N) is 2. The van der Waals surface area contributed by atoms with Crippen molar-refractivity contribution in [2.75, 3.05) is 0 Å². The molecule has 0 saturated carbocycles. The molecule has 3 heterocycles. The molecule has 3 atom stereocenters. The Kier molecular flexibility index (Phi) is 2.41. The average Bonchev–Trinajstić information content (AvgIpc) is 3.11. The molecule has 0 N–H and O–H groups in total. The molecular weight excluding hydrogens is 256 g/mol. The molecule has 1 aromatic heterocycles. The number of aromatic nitrogens is 1. The van der Waals surface area contributed by atoms with E-state index in [1.54, 1.807) is 11.3 Å². The predicted molar refractivity (Wildman–Crippen MR) is 73.9 cm³/mol. The van der Waals surface area contributed by atoms with Crippen LogP contribution in [0.25, 0.3) is 10.2 Å². The second kappa shape index (κ2) is 4.03. The van der Waals surface area contributed by atoms with Crippen LogP contribution in [0.2, 0.25) is 0 Å². The van der Waals surface area contributed by atoms with Gasteiger partial charge in [-0.2, -0.15) is 5.26 Å². The Morgan fingerprint density at radius 3 is 3.00 bits per heavy atom. The summed E-state index contributed by atoms with van der Waals surface area (Å²) in [5.41, 5.74) is 0.705. The van der Waals surface area contributed by atoms with Crippen molar-refractivity contribution in [3.63, 3.8) is 0 Å². The quantitative estimate of drug-likeness (QED) is 0.841. The molecule has 3 nitrogen and oxygen atoms in total. The van der Waals surface area contributed by atoms with Crippen LogP contribution in [0.3, 0.4) is 0 Å². The Bertz CT molecular complexity index is 641. The van der Waals surface area contributed by atoms with Crippen molar-refractivity contribution < 1.29 is 4.74 Å². The maximum atomic E-state index is 9.62. The van der Waals surface area contributed by atoms with Gasteiger partial charge in [0.1, 0.15) is 0 Å². The molecule has 3 unspecified atom stereocenters. The number of benzene rings is 1. The topological polar surface area (TPSA) is 45.9 Å². The summed E-state index contributed by atoms with van der Waals surface area (Å²) < 4.78 is 7.08. The first kappa shape index (κ1) is 11.4. The van der Waals surface area contributed by atoms with Crippen molar-refractivity contribution >= 4 is 21.6 Å². The number of nitriles is 1. The van der Waals surface area contributed by atoms with E-state index in [4.69, 9.17) is 4.74 Å². The molecular formula is C15H14N2OS. The van der Waals surface area contributed by atoms with Gasteiger partial charge in [-0.3, -0.25) is 0 Å². The van der Waals surface area contributed by atoms with Crippen LogP contribution >= 0.6 is 11.3 Å². The monoisotopic (exact) mass is 270 g/mol. The zero-order valence-corrected chi connectivity index (χ0v) is 11.3. The van der Waals surface area contributed by atoms with Gasteiger partial charge >= 0.3 is 0 Å². The number of fused-ring (bicyclic) bond motifs is 3. The fourth-order valence-corrected chi connectivity index (χ4v) is 4.50. The summed E-state index contributed by atoms with van der Waals surface area (Å²) in [7, 11) is 0. The van der Waals surface area contributed by atoms with E-state index in [1.807, 2.05) is 18.2 Å². The highest BCUT2D eigenvalue weighted by molar-refractivity contribution is 7.18. The Labute approximate surface area is 115 Å². The number of hydrogen-bond acceptors (Lipinski definition) is 4. The second-order valence-electron chi connectivity index (χ2n) is 5.55. The van der Waals surface area contributed by atoms with E-state index in [0.717, 1.165) is 36.2 Å². The highest BCUT2D eigenvalue weighted by atomic mass is 32.1. The lowest BCUT2D eigenvalue weighted by Crippen LogP contribution is -2.33. The molecule has 2 fully saturated rings. The third-order valence-electron chi connectivity index (χ3n) is 4.34. The van der Waals surface area contributed by atoms with E-state index in [2.05, 4.69) is 17.1 Å². The third-order valence-corrected chi connectivity index (χ3v) is 5.38. The lowest BCUT2D eigenvalue weighted by atomic mass is 9.73. The molecule has 0 amide bonds. The number of thiazole rings is 1. The predicted octanol–water partition coefficient (Wildman–Crippen LogP) is 3.30. The fourth-order valence-electron chi connectivity index (χ4n) is 3.41. The lowest BCUT2D eigenvalue weighted by molar-refractivity contribution is 0.0787. The van der Waals surface area contributed by atoms with Gasteiger partial charge in [-0.1, -0.05) is 12.1 Å². The van der Waals surface area contributed by atoms with Gasteiger partial charge in [-0.25, -0.2) is 4.98 Å². The van der Waals surface area contributed by atoms with Gasteiger partial charge in [0.15, 0.2) is 0 Å². The molecule has 2 aliphatic heterocycles. The fraction of sp³-hybridized carbons (Fsp3) is 0.467. The summed E-state index contributed by atoms with van der Waals surface area (Å²) in [6.45, 7) is 0. The first-order valence-electron chi connectivity index (χ1n) is 6.70. The molecule has 0 spiro atoms. The minimum absolute atomic E-state index is 0.120. The van der Waals surface area contributed by atoms with Crippen molar-refractivity contribution in [1.29, 1.82) is 5.26 Å². The highest BCUT2D eigenvalue weighted by Crippen LogP contribution is 2.49. The van der Waals surface area contributed by atoms with Gasteiger partial charge in [0.05, 0.1) is 38.9 Å². The Morgan fingerprint density at radius 2 is 2.32 bits per heavy atom. The van der Waals surface area contributed by atoms with Crippen LogP contribution in [0.1, 0.15) is 24.3 Å². The molecule has 0 aliphatic carbocycles. The number of ether oxygens (including phenoxy) is 1. The molecule has 2 aliphatic rings. The molecule has 19 heavy (non-hydrogen) atoms. The number of hydrogen-bond donors (Lipinski definition) is 0. The van der Waals surface area contributed by atoms with Crippen molar-refractivity contribution in [1.82, 2.24) is 4.98 Å². The minimum atomic E-state index is -0.337. The zero-order valence-electron chi connectivity index (χ0n) is 10.5. The van der Waals surface area contributed by atoms with Crippen LogP contribution in [-0.4, -0.2) is 17.2 Å². The first-order chi connectivity index (χ1) is 9.29. The molecule has 4 heteroatoms. The summed E-state index contributed by atoms with van der Waals surface area (Å²) in [6.07, 6.45) is 4.19. The van der Waals surface area contributed by atoms with Crippen molar-refractivity contribution in [2.45, 2.75) is 37.9 Å². The van der Waals surface area contributed by atoms with Gasteiger partial charge in [-0.15, -0.1) is 11.3 Å². The van der Waals surface area contributed by atoms with Gasteiger partial charge in [0.25, 0.3) is 0 Å². The molecule has 0 radical (unpaired) electrons. The van der Waals surface area contributed by atoms with Crippen LogP contribution in [0.4, 0.5) is 0 Å². The second-order valence-corrected chi connectivity index (χ2v) is 6.66. The Balaban J connectivity index is 1.68. The molecule has 4 rings (SSSR count). The molecule has 96 valence electrons. The van der Waals surface area contributed by atoms with E-state index in [-0.39, 0.29) is 11.5 Å². The van der Waals surface area contributed by atoms with Gasteiger partial charge in [-0.05, 0) is 31.4 Å². The maximum Gasteiger partial charge on any atom is 0.0955 e. The van der Waals surface area contributed by atoms with Crippen LogP contribution in [0, 0.1) is 16.7 Å². The van der Waals surface area contributed by atoms with Gasteiger partial charge in [0, 0.05) is 6.42 Å². The Morgan fingerprint density at radius 1 is 1.42 bits per heavy atom. The summed E-state index contributed by atoms with van der Waals surface area (Å²) in [4.78, 5) is 4.66. The summed E-state index contributed by atoms with van der Waals surface area (Å²) in [5, 5.41) is 10.7. The largest absolute Gasteiger partial charge is 0.373 e. The zero-order chi connectivity index (χ0) is 12.9. The van der Waals surface area contributed by atoms with Gasteiger partial charge in [0.2, 0.25) is 0 Å².